The molecule has 0 aliphatic carbocycles. The predicted octanol–water partition coefficient (Wildman–Crippen LogP) is 3.72. The molecule has 0 heterocycles. The van der Waals surface area contributed by atoms with Gasteiger partial charge < -0.3 is 10.1 Å². The van der Waals surface area contributed by atoms with Crippen LogP contribution in [0.1, 0.15) is 34.6 Å². The Morgan fingerprint density at radius 2 is 1.64 bits per heavy atom. The number of hydrogen-bond donors (Lipinski definition) is 2. The lowest BCUT2D eigenvalue weighted by Gasteiger charge is -2.13. The van der Waals surface area contributed by atoms with E-state index in [4.69, 9.17) is 23.2 Å². The number of amides is 1. The van der Waals surface area contributed by atoms with Crippen molar-refractivity contribution < 1.29 is 22.7 Å². The van der Waals surface area contributed by atoms with Crippen LogP contribution in [0.2, 0.25) is 10.0 Å². The van der Waals surface area contributed by atoms with Crippen molar-refractivity contribution >= 4 is 50.8 Å². The summed E-state index contributed by atoms with van der Waals surface area (Å²) in [7, 11) is -2.66. The topological polar surface area (TPSA) is 102 Å². The maximum Gasteiger partial charge on any atom is 0.337 e. The van der Waals surface area contributed by atoms with Crippen LogP contribution in [0.25, 0.3) is 0 Å². The molecule has 0 saturated carbocycles. The number of halogens is 2. The first kappa shape index (κ1) is 22.2. The van der Waals surface area contributed by atoms with Gasteiger partial charge in [-0.15, -0.1) is 0 Å². The van der Waals surface area contributed by atoms with E-state index in [1.165, 1.54) is 37.4 Å². The summed E-state index contributed by atoms with van der Waals surface area (Å²) in [6.45, 7) is 3.32. The molecule has 2 rings (SSSR count). The van der Waals surface area contributed by atoms with E-state index in [1.807, 2.05) is 0 Å². The number of hydrogen-bond acceptors (Lipinski definition) is 5. The molecular weight excluding hydrogens is 427 g/mol. The molecule has 10 heteroatoms. The van der Waals surface area contributed by atoms with E-state index in [0.717, 1.165) is 6.07 Å². The highest BCUT2D eigenvalue weighted by atomic mass is 35.5. The molecule has 0 bridgehead atoms. The third kappa shape index (κ3) is 5.23. The van der Waals surface area contributed by atoms with Crippen molar-refractivity contribution in [3.05, 3.63) is 57.6 Å². The minimum atomic E-state index is -3.93. The second-order valence-electron chi connectivity index (χ2n) is 6.06. The number of esters is 1. The Morgan fingerprint density at radius 1 is 1.04 bits per heavy atom. The van der Waals surface area contributed by atoms with Crippen LogP contribution in [-0.4, -0.2) is 33.4 Å². The lowest BCUT2D eigenvalue weighted by molar-refractivity contribution is 0.0600. The second kappa shape index (κ2) is 8.91. The van der Waals surface area contributed by atoms with E-state index < -0.39 is 21.9 Å². The zero-order valence-corrected chi connectivity index (χ0v) is 17.6. The maximum absolute atomic E-state index is 12.6. The number of sulfonamides is 1. The van der Waals surface area contributed by atoms with Crippen molar-refractivity contribution in [1.29, 1.82) is 0 Å². The lowest BCUT2D eigenvalue weighted by atomic mass is 10.2. The molecule has 0 saturated heterocycles. The van der Waals surface area contributed by atoms with E-state index >= 15 is 0 Å². The van der Waals surface area contributed by atoms with Crippen molar-refractivity contribution in [2.24, 2.45) is 0 Å². The fourth-order valence-corrected chi connectivity index (χ4v) is 4.40. The Kier molecular flexibility index (Phi) is 7.06. The van der Waals surface area contributed by atoms with Crippen LogP contribution in [0, 0.1) is 0 Å². The Labute approximate surface area is 173 Å². The smallest absolute Gasteiger partial charge is 0.337 e. The minimum absolute atomic E-state index is 0.00261. The van der Waals surface area contributed by atoms with Gasteiger partial charge in [-0.25, -0.2) is 17.9 Å². The van der Waals surface area contributed by atoms with Gasteiger partial charge in [0.25, 0.3) is 5.91 Å². The number of methoxy groups -OCH3 is 1. The second-order valence-corrected chi connectivity index (χ2v) is 8.56. The molecular formula is C18H18Cl2N2O5S. The minimum Gasteiger partial charge on any atom is -0.465 e. The number of ether oxygens (including phenoxy) is 1. The Morgan fingerprint density at radius 3 is 2.18 bits per heavy atom. The van der Waals surface area contributed by atoms with Gasteiger partial charge in [-0.1, -0.05) is 23.2 Å². The van der Waals surface area contributed by atoms with Gasteiger partial charge in [0.05, 0.1) is 28.3 Å². The van der Waals surface area contributed by atoms with E-state index in [2.05, 4.69) is 14.8 Å². The molecule has 0 fully saturated rings. The molecule has 0 radical (unpaired) electrons. The molecule has 28 heavy (non-hydrogen) atoms. The van der Waals surface area contributed by atoms with Gasteiger partial charge in [0.1, 0.15) is 4.90 Å². The van der Waals surface area contributed by atoms with Crippen LogP contribution in [-0.2, 0) is 14.8 Å². The zero-order chi connectivity index (χ0) is 21.1. The largest absolute Gasteiger partial charge is 0.465 e. The zero-order valence-electron chi connectivity index (χ0n) is 15.2. The average molecular weight is 445 g/mol. The Hall–Kier alpha value is -2.13. The normalized spacial score (nSPS) is 11.4. The molecule has 0 aliphatic heterocycles. The van der Waals surface area contributed by atoms with Crippen molar-refractivity contribution in [3.8, 4) is 0 Å². The van der Waals surface area contributed by atoms with Gasteiger partial charge in [-0.2, -0.15) is 0 Å². The molecule has 150 valence electrons. The molecule has 2 aromatic rings. The van der Waals surface area contributed by atoms with Gasteiger partial charge in [-0.05, 0) is 50.2 Å². The number of benzene rings is 2. The highest BCUT2D eigenvalue weighted by molar-refractivity contribution is 7.89. The summed E-state index contributed by atoms with van der Waals surface area (Å²) < 4.78 is 31.9. The van der Waals surface area contributed by atoms with Crippen LogP contribution in [0.15, 0.2) is 41.3 Å². The van der Waals surface area contributed by atoms with Crippen molar-refractivity contribution in [2.45, 2.75) is 24.8 Å². The standard InChI is InChI=1S/C18H18Cl2N2O5S/c1-10(2)22-28(25,26)16-8-13(14(19)9-15(16)20)17(23)21-12-6-4-11(5-7-12)18(24)27-3/h4-10,22H,1-3H3,(H,21,23). The van der Waals surface area contributed by atoms with Gasteiger partial charge >= 0.3 is 5.97 Å². The molecule has 1 amide bonds. The molecule has 0 spiro atoms. The van der Waals surface area contributed by atoms with Gasteiger partial charge in [0.15, 0.2) is 0 Å². The third-order valence-electron chi connectivity index (χ3n) is 3.51. The summed E-state index contributed by atoms with van der Waals surface area (Å²) in [4.78, 5) is 23.8. The Bertz CT molecular complexity index is 1010. The number of anilines is 1. The number of carbonyl (C=O) groups is 2. The monoisotopic (exact) mass is 444 g/mol. The van der Waals surface area contributed by atoms with Crippen molar-refractivity contribution in [2.75, 3.05) is 12.4 Å². The van der Waals surface area contributed by atoms with Gasteiger partial charge in [0.2, 0.25) is 10.0 Å². The summed E-state index contributed by atoms with van der Waals surface area (Å²) in [6.07, 6.45) is 0. The van der Waals surface area contributed by atoms with Gasteiger partial charge in [-0.3, -0.25) is 4.79 Å². The predicted molar refractivity (Wildman–Crippen MR) is 108 cm³/mol. The summed E-state index contributed by atoms with van der Waals surface area (Å²) in [5, 5.41) is 2.49. The molecule has 7 nitrogen and oxygen atoms in total. The first-order valence-corrected chi connectivity index (χ1v) is 10.3. The summed E-state index contributed by atoms with van der Waals surface area (Å²) in [5.74, 6) is -1.14. The summed E-state index contributed by atoms with van der Waals surface area (Å²) in [6, 6.07) is 7.93. The first-order chi connectivity index (χ1) is 13.0. The van der Waals surface area contributed by atoms with Crippen molar-refractivity contribution in [3.63, 3.8) is 0 Å². The van der Waals surface area contributed by atoms with Crippen LogP contribution in [0.3, 0.4) is 0 Å². The van der Waals surface area contributed by atoms with E-state index in [-0.39, 0.29) is 26.5 Å². The quantitative estimate of drug-likeness (QED) is 0.660. The lowest BCUT2D eigenvalue weighted by Crippen LogP contribution is -2.30. The van der Waals surface area contributed by atoms with E-state index in [1.54, 1.807) is 13.8 Å². The molecule has 0 aliphatic rings. The SMILES string of the molecule is COC(=O)c1ccc(NC(=O)c2cc(S(=O)(=O)NC(C)C)c(Cl)cc2Cl)cc1. The van der Waals surface area contributed by atoms with Crippen LogP contribution < -0.4 is 10.0 Å². The molecule has 2 N–H and O–H groups in total. The molecule has 0 unspecified atom stereocenters. The fourth-order valence-electron chi connectivity index (χ4n) is 2.29. The first-order valence-electron chi connectivity index (χ1n) is 8.06. The Balaban J connectivity index is 2.33. The van der Waals surface area contributed by atoms with Crippen molar-refractivity contribution in [1.82, 2.24) is 4.72 Å². The third-order valence-corrected chi connectivity index (χ3v) is 5.95. The maximum atomic E-state index is 12.6. The molecule has 0 aromatic heterocycles. The highest BCUT2D eigenvalue weighted by Crippen LogP contribution is 2.29. The van der Waals surface area contributed by atoms with Crippen LogP contribution in [0.5, 0.6) is 0 Å². The molecule has 2 aromatic carbocycles. The average Bonchev–Trinajstić information content (AvgIpc) is 2.60. The van der Waals surface area contributed by atoms with E-state index in [9.17, 15) is 18.0 Å². The van der Waals surface area contributed by atoms with Crippen LogP contribution >= 0.6 is 23.2 Å². The van der Waals surface area contributed by atoms with Crippen LogP contribution in [0.4, 0.5) is 5.69 Å². The highest BCUT2D eigenvalue weighted by Gasteiger charge is 2.23. The summed E-state index contributed by atoms with van der Waals surface area (Å²) >= 11 is 12.1. The number of carbonyl (C=O) groups excluding carboxylic acids is 2. The molecule has 0 atom stereocenters. The van der Waals surface area contributed by atoms with Gasteiger partial charge in [0, 0.05) is 11.7 Å². The summed E-state index contributed by atoms with van der Waals surface area (Å²) in [5.41, 5.74) is 0.638. The number of rotatable bonds is 6. The number of nitrogens with one attached hydrogen (secondary N) is 2. The van der Waals surface area contributed by atoms with E-state index in [0.29, 0.717) is 11.3 Å². The fraction of sp³-hybridized carbons (Fsp3) is 0.222.